The summed E-state index contributed by atoms with van der Waals surface area (Å²) >= 11 is 0. The minimum Gasteiger partial charge on any atom is -0.465 e. The van der Waals surface area contributed by atoms with Crippen LogP contribution in [0.1, 0.15) is 72.1 Å². The number of hydrogen-bond acceptors (Lipinski definition) is 4. The maximum absolute atomic E-state index is 12.2. The SMILES string of the molecule is CC(COC(=O)C1CCCCC1C)COC(=O)C1CCCCC1C. The first-order valence-corrected chi connectivity index (χ1v) is 9.82. The van der Waals surface area contributed by atoms with Gasteiger partial charge in [0, 0.05) is 5.92 Å². The third-order valence-corrected chi connectivity index (χ3v) is 5.85. The van der Waals surface area contributed by atoms with E-state index in [1.165, 1.54) is 12.8 Å². The molecule has 0 saturated heterocycles. The van der Waals surface area contributed by atoms with Crippen LogP contribution in [0, 0.1) is 29.6 Å². The van der Waals surface area contributed by atoms with Gasteiger partial charge in [0.1, 0.15) is 0 Å². The van der Waals surface area contributed by atoms with Crippen LogP contribution in [0.25, 0.3) is 0 Å². The van der Waals surface area contributed by atoms with Crippen molar-refractivity contribution in [3.8, 4) is 0 Å². The van der Waals surface area contributed by atoms with Gasteiger partial charge < -0.3 is 9.47 Å². The van der Waals surface area contributed by atoms with E-state index in [2.05, 4.69) is 13.8 Å². The van der Waals surface area contributed by atoms with Gasteiger partial charge in [-0.25, -0.2) is 0 Å². The van der Waals surface area contributed by atoms with Gasteiger partial charge in [-0.05, 0) is 37.5 Å². The molecule has 0 aromatic carbocycles. The lowest BCUT2D eigenvalue weighted by atomic mass is 9.80. The van der Waals surface area contributed by atoms with Gasteiger partial charge >= 0.3 is 11.9 Å². The highest BCUT2D eigenvalue weighted by molar-refractivity contribution is 5.73. The molecular formula is C20H34O4. The van der Waals surface area contributed by atoms with Gasteiger partial charge in [-0.15, -0.1) is 0 Å². The molecule has 0 aliphatic heterocycles. The zero-order valence-corrected chi connectivity index (χ0v) is 15.6. The van der Waals surface area contributed by atoms with Gasteiger partial charge in [-0.1, -0.05) is 46.5 Å². The zero-order valence-electron chi connectivity index (χ0n) is 15.6. The highest BCUT2D eigenvalue weighted by Crippen LogP contribution is 2.31. The molecule has 0 bridgehead atoms. The van der Waals surface area contributed by atoms with E-state index >= 15 is 0 Å². The Bertz CT molecular complexity index is 382. The Morgan fingerprint density at radius 1 is 0.792 bits per heavy atom. The monoisotopic (exact) mass is 338 g/mol. The predicted molar refractivity (Wildman–Crippen MR) is 93.3 cm³/mol. The molecule has 2 aliphatic carbocycles. The summed E-state index contributed by atoms with van der Waals surface area (Å²) in [6, 6.07) is 0. The second-order valence-corrected chi connectivity index (χ2v) is 8.10. The number of rotatable bonds is 6. The average molecular weight is 338 g/mol. The first-order chi connectivity index (χ1) is 11.5. The molecule has 4 atom stereocenters. The normalized spacial score (nSPS) is 32.0. The lowest BCUT2D eigenvalue weighted by Crippen LogP contribution is -2.30. The summed E-state index contributed by atoms with van der Waals surface area (Å²) in [5.41, 5.74) is 0. The summed E-state index contributed by atoms with van der Waals surface area (Å²) in [7, 11) is 0. The summed E-state index contributed by atoms with van der Waals surface area (Å²) < 4.78 is 11.0. The molecule has 0 N–H and O–H groups in total. The van der Waals surface area contributed by atoms with E-state index in [4.69, 9.17) is 9.47 Å². The Labute approximate surface area is 146 Å². The van der Waals surface area contributed by atoms with E-state index in [1.807, 2.05) is 6.92 Å². The fourth-order valence-corrected chi connectivity index (χ4v) is 4.04. The molecular weight excluding hydrogens is 304 g/mol. The highest BCUT2D eigenvalue weighted by atomic mass is 16.5. The van der Waals surface area contributed by atoms with Crippen molar-refractivity contribution in [3.05, 3.63) is 0 Å². The Balaban J connectivity index is 1.66. The number of hydrogen-bond donors (Lipinski definition) is 0. The lowest BCUT2D eigenvalue weighted by Gasteiger charge is -2.28. The molecule has 0 radical (unpaired) electrons. The van der Waals surface area contributed by atoms with Gasteiger partial charge in [0.15, 0.2) is 0 Å². The van der Waals surface area contributed by atoms with Crippen molar-refractivity contribution >= 4 is 11.9 Å². The van der Waals surface area contributed by atoms with Crippen molar-refractivity contribution in [2.75, 3.05) is 13.2 Å². The maximum atomic E-state index is 12.2. The zero-order chi connectivity index (χ0) is 17.5. The molecule has 0 spiro atoms. The molecule has 0 aromatic rings. The molecule has 0 heterocycles. The molecule has 4 unspecified atom stereocenters. The molecule has 2 rings (SSSR count). The first kappa shape index (κ1) is 19.3. The molecule has 2 aliphatic rings. The van der Waals surface area contributed by atoms with Crippen LogP contribution in [0.3, 0.4) is 0 Å². The van der Waals surface area contributed by atoms with Gasteiger partial charge in [0.25, 0.3) is 0 Å². The van der Waals surface area contributed by atoms with Gasteiger partial charge in [-0.3, -0.25) is 9.59 Å². The van der Waals surface area contributed by atoms with Crippen LogP contribution >= 0.6 is 0 Å². The van der Waals surface area contributed by atoms with Crippen LogP contribution in [-0.2, 0) is 19.1 Å². The average Bonchev–Trinajstić information content (AvgIpc) is 2.58. The molecule has 138 valence electrons. The third-order valence-electron chi connectivity index (χ3n) is 5.85. The fourth-order valence-electron chi connectivity index (χ4n) is 4.04. The van der Waals surface area contributed by atoms with Crippen LogP contribution in [0.15, 0.2) is 0 Å². The maximum Gasteiger partial charge on any atom is 0.309 e. The Morgan fingerprint density at radius 2 is 1.17 bits per heavy atom. The van der Waals surface area contributed by atoms with Gasteiger partial charge in [0.05, 0.1) is 25.0 Å². The number of carbonyl (C=O) groups is 2. The van der Waals surface area contributed by atoms with Crippen molar-refractivity contribution < 1.29 is 19.1 Å². The number of ether oxygens (including phenoxy) is 2. The number of carbonyl (C=O) groups excluding carboxylic acids is 2. The van der Waals surface area contributed by atoms with Gasteiger partial charge in [0.2, 0.25) is 0 Å². The van der Waals surface area contributed by atoms with Crippen LogP contribution in [0.5, 0.6) is 0 Å². The van der Waals surface area contributed by atoms with E-state index in [0.717, 1.165) is 38.5 Å². The molecule has 4 nitrogen and oxygen atoms in total. The van der Waals surface area contributed by atoms with Crippen molar-refractivity contribution in [3.63, 3.8) is 0 Å². The predicted octanol–water partition coefficient (Wildman–Crippen LogP) is 4.36. The van der Waals surface area contributed by atoms with Crippen LogP contribution < -0.4 is 0 Å². The topological polar surface area (TPSA) is 52.6 Å². The fraction of sp³-hybridized carbons (Fsp3) is 0.900. The van der Waals surface area contributed by atoms with E-state index in [0.29, 0.717) is 25.0 Å². The van der Waals surface area contributed by atoms with Crippen molar-refractivity contribution in [1.29, 1.82) is 0 Å². The second-order valence-electron chi connectivity index (χ2n) is 8.10. The highest BCUT2D eigenvalue weighted by Gasteiger charge is 2.30. The van der Waals surface area contributed by atoms with Crippen LogP contribution in [-0.4, -0.2) is 25.2 Å². The summed E-state index contributed by atoms with van der Waals surface area (Å²) in [5.74, 6) is 0.866. The van der Waals surface area contributed by atoms with E-state index in [-0.39, 0.29) is 29.7 Å². The Hall–Kier alpha value is -1.06. The van der Waals surface area contributed by atoms with Crippen molar-refractivity contribution in [2.45, 2.75) is 72.1 Å². The third kappa shape index (κ3) is 5.49. The summed E-state index contributed by atoms with van der Waals surface area (Å²) in [6.07, 6.45) is 8.81. The lowest BCUT2D eigenvalue weighted by molar-refractivity contribution is -0.156. The minimum absolute atomic E-state index is 0.0516. The summed E-state index contributed by atoms with van der Waals surface area (Å²) in [6.45, 7) is 6.93. The Morgan fingerprint density at radius 3 is 1.54 bits per heavy atom. The largest absolute Gasteiger partial charge is 0.465 e. The van der Waals surface area contributed by atoms with E-state index < -0.39 is 0 Å². The van der Waals surface area contributed by atoms with E-state index in [9.17, 15) is 9.59 Å². The molecule has 0 amide bonds. The smallest absolute Gasteiger partial charge is 0.309 e. The van der Waals surface area contributed by atoms with Gasteiger partial charge in [-0.2, -0.15) is 0 Å². The quantitative estimate of drug-likeness (QED) is 0.675. The molecule has 0 aromatic heterocycles. The van der Waals surface area contributed by atoms with Crippen LogP contribution in [0.2, 0.25) is 0 Å². The second kappa shape index (κ2) is 9.43. The molecule has 2 saturated carbocycles. The minimum atomic E-state index is -0.0683. The number of esters is 2. The van der Waals surface area contributed by atoms with E-state index in [1.54, 1.807) is 0 Å². The molecule has 24 heavy (non-hydrogen) atoms. The van der Waals surface area contributed by atoms with Crippen LogP contribution in [0.4, 0.5) is 0 Å². The summed E-state index contributed by atoms with van der Waals surface area (Å²) in [4.78, 5) is 24.4. The molecule has 4 heteroatoms. The first-order valence-electron chi connectivity index (χ1n) is 9.82. The standard InChI is InChI=1S/C20H34O4/c1-14(12-23-19(21)17-10-6-4-8-15(17)2)13-24-20(22)18-11-7-5-9-16(18)3/h14-18H,4-13H2,1-3H3. The Kier molecular flexibility index (Phi) is 7.57. The van der Waals surface area contributed by atoms with Crippen molar-refractivity contribution in [1.82, 2.24) is 0 Å². The van der Waals surface area contributed by atoms with Crippen molar-refractivity contribution in [2.24, 2.45) is 29.6 Å². The molecule has 2 fully saturated rings. The summed E-state index contributed by atoms with van der Waals surface area (Å²) in [5, 5.41) is 0.